The van der Waals surface area contributed by atoms with Crippen LogP contribution in [-0.4, -0.2) is 43.0 Å². The zero-order valence-electron chi connectivity index (χ0n) is 13.5. The van der Waals surface area contributed by atoms with Crippen LogP contribution in [-0.2, 0) is 14.3 Å². The van der Waals surface area contributed by atoms with Crippen LogP contribution in [0, 0.1) is 5.82 Å². The summed E-state index contributed by atoms with van der Waals surface area (Å²) in [6, 6.07) is 5.32. The molecule has 1 aromatic rings. The van der Waals surface area contributed by atoms with E-state index in [9.17, 15) is 14.0 Å². The molecule has 5 nitrogen and oxygen atoms in total. The molecule has 0 spiro atoms. The van der Waals surface area contributed by atoms with E-state index >= 15 is 0 Å². The number of carbonyl (C=O) groups excluding carboxylic acids is 2. The molecule has 0 aromatic heterocycles. The first-order valence-electron chi connectivity index (χ1n) is 7.91. The number of nitrogens with zero attached hydrogens (tertiary/aromatic N) is 1. The lowest BCUT2D eigenvalue weighted by molar-refractivity contribution is -0.148. The molecule has 0 saturated carbocycles. The van der Waals surface area contributed by atoms with Crippen LogP contribution in [0.4, 0.5) is 4.39 Å². The van der Waals surface area contributed by atoms with Gasteiger partial charge in [-0.3, -0.25) is 9.69 Å². The topological polar surface area (TPSA) is 58.6 Å². The minimum atomic E-state index is -0.582. The van der Waals surface area contributed by atoms with Gasteiger partial charge in [0.05, 0.1) is 7.11 Å². The Hall–Kier alpha value is -1.95. The van der Waals surface area contributed by atoms with Crippen molar-refractivity contribution in [1.82, 2.24) is 10.2 Å². The van der Waals surface area contributed by atoms with Crippen molar-refractivity contribution in [3.05, 3.63) is 35.6 Å². The van der Waals surface area contributed by atoms with E-state index in [1.807, 2.05) is 11.8 Å². The fourth-order valence-corrected chi connectivity index (χ4v) is 2.94. The number of ether oxygens (including phenoxy) is 1. The Morgan fingerprint density at radius 1 is 1.39 bits per heavy atom. The van der Waals surface area contributed by atoms with Crippen LogP contribution in [0.3, 0.4) is 0 Å². The highest BCUT2D eigenvalue weighted by Gasteiger charge is 2.32. The van der Waals surface area contributed by atoms with Crippen LogP contribution in [0.15, 0.2) is 24.3 Å². The number of rotatable bonds is 5. The minimum absolute atomic E-state index is 0.00764. The smallest absolute Gasteiger partial charge is 0.327 e. The number of nitrogens with one attached hydrogen (secondary N) is 1. The van der Waals surface area contributed by atoms with Gasteiger partial charge in [0, 0.05) is 19.0 Å². The molecule has 1 N–H and O–H groups in total. The van der Waals surface area contributed by atoms with E-state index in [1.54, 1.807) is 12.1 Å². The quantitative estimate of drug-likeness (QED) is 0.843. The number of hydrogen-bond donors (Lipinski definition) is 1. The predicted octanol–water partition coefficient (Wildman–Crippen LogP) is 2.03. The van der Waals surface area contributed by atoms with E-state index in [0.29, 0.717) is 18.5 Å². The van der Waals surface area contributed by atoms with Gasteiger partial charge in [-0.2, -0.15) is 0 Å². The minimum Gasteiger partial charge on any atom is -0.468 e. The normalized spacial score (nSPS) is 19.9. The average molecular weight is 322 g/mol. The Morgan fingerprint density at radius 3 is 2.70 bits per heavy atom. The summed E-state index contributed by atoms with van der Waals surface area (Å²) in [5.74, 6) is -0.712. The third-order valence-corrected chi connectivity index (χ3v) is 4.11. The molecule has 1 fully saturated rings. The first kappa shape index (κ1) is 17.4. The highest BCUT2D eigenvalue weighted by atomic mass is 19.1. The monoisotopic (exact) mass is 322 g/mol. The highest BCUT2D eigenvalue weighted by molar-refractivity contribution is 5.78. The number of halogens is 1. The Bertz CT molecular complexity index is 547. The van der Waals surface area contributed by atoms with Gasteiger partial charge in [-0.25, -0.2) is 9.18 Å². The van der Waals surface area contributed by atoms with Crippen molar-refractivity contribution >= 4 is 11.9 Å². The summed E-state index contributed by atoms with van der Waals surface area (Å²) in [7, 11) is 1.35. The zero-order chi connectivity index (χ0) is 16.8. The maximum atomic E-state index is 13.1. The van der Waals surface area contributed by atoms with Crippen molar-refractivity contribution in [1.29, 1.82) is 0 Å². The van der Waals surface area contributed by atoms with Gasteiger partial charge >= 0.3 is 5.97 Å². The van der Waals surface area contributed by atoms with Crippen molar-refractivity contribution in [3.63, 3.8) is 0 Å². The molecule has 0 aliphatic carbocycles. The van der Waals surface area contributed by atoms with Crippen LogP contribution >= 0.6 is 0 Å². The molecule has 1 amide bonds. The molecule has 1 heterocycles. The first-order valence-corrected chi connectivity index (χ1v) is 7.91. The maximum Gasteiger partial charge on any atom is 0.327 e. The lowest BCUT2D eigenvalue weighted by Crippen LogP contribution is -2.50. The fraction of sp³-hybridized carbons (Fsp3) is 0.529. The molecule has 126 valence electrons. The largest absolute Gasteiger partial charge is 0.468 e. The zero-order valence-corrected chi connectivity index (χ0v) is 13.5. The van der Waals surface area contributed by atoms with Gasteiger partial charge in [0.2, 0.25) is 5.91 Å². The molecule has 1 aliphatic rings. The van der Waals surface area contributed by atoms with E-state index in [1.165, 1.54) is 19.2 Å². The van der Waals surface area contributed by atoms with Gasteiger partial charge in [0.1, 0.15) is 11.9 Å². The number of likely N-dealkylation sites (tertiary alicyclic amines) is 1. The molecule has 6 heteroatoms. The van der Waals surface area contributed by atoms with Gasteiger partial charge in [-0.15, -0.1) is 0 Å². The van der Waals surface area contributed by atoms with Crippen molar-refractivity contribution in [2.45, 2.75) is 38.3 Å². The van der Waals surface area contributed by atoms with Gasteiger partial charge in [0.15, 0.2) is 0 Å². The molecular formula is C17H23FN2O3. The first-order chi connectivity index (χ1) is 11.0. The third kappa shape index (κ3) is 4.51. The fourth-order valence-electron chi connectivity index (χ4n) is 2.94. The second-order valence-corrected chi connectivity index (χ2v) is 5.73. The van der Waals surface area contributed by atoms with Crippen molar-refractivity contribution in [2.75, 3.05) is 20.2 Å². The summed E-state index contributed by atoms with van der Waals surface area (Å²) in [6.45, 7) is 3.12. The Morgan fingerprint density at radius 2 is 2.09 bits per heavy atom. The predicted molar refractivity (Wildman–Crippen MR) is 84.2 cm³/mol. The summed E-state index contributed by atoms with van der Waals surface area (Å²) >= 11 is 0. The number of carbonyl (C=O) groups is 2. The second-order valence-electron chi connectivity index (χ2n) is 5.73. The lowest BCUT2D eigenvalue weighted by atomic mass is 9.99. The molecule has 0 bridgehead atoms. The molecule has 2 atom stereocenters. The summed E-state index contributed by atoms with van der Waals surface area (Å²) in [6.07, 6.45) is 2.21. The van der Waals surface area contributed by atoms with E-state index in [-0.39, 0.29) is 23.7 Å². The maximum absolute atomic E-state index is 13.1. The molecular weight excluding hydrogens is 299 g/mol. The van der Waals surface area contributed by atoms with Crippen molar-refractivity contribution in [3.8, 4) is 0 Å². The number of hydrogen-bond acceptors (Lipinski definition) is 4. The van der Waals surface area contributed by atoms with E-state index in [2.05, 4.69) is 5.32 Å². The van der Waals surface area contributed by atoms with Crippen LogP contribution in [0.25, 0.3) is 0 Å². The number of amides is 1. The van der Waals surface area contributed by atoms with E-state index in [4.69, 9.17) is 4.74 Å². The Kier molecular flexibility index (Phi) is 6.10. The van der Waals surface area contributed by atoms with Gasteiger partial charge in [-0.1, -0.05) is 19.1 Å². The van der Waals surface area contributed by atoms with Gasteiger partial charge in [0.25, 0.3) is 0 Å². The lowest BCUT2D eigenvalue weighted by Gasteiger charge is -2.37. The number of benzene rings is 1. The molecule has 1 saturated heterocycles. The third-order valence-electron chi connectivity index (χ3n) is 4.11. The Labute approximate surface area is 135 Å². The van der Waals surface area contributed by atoms with Gasteiger partial charge < -0.3 is 10.1 Å². The summed E-state index contributed by atoms with van der Waals surface area (Å²) < 4.78 is 18.1. The molecule has 0 radical (unpaired) electrons. The second kappa shape index (κ2) is 8.06. The van der Waals surface area contributed by atoms with E-state index < -0.39 is 6.04 Å². The molecule has 0 unspecified atom stereocenters. The van der Waals surface area contributed by atoms with Crippen molar-refractivity contribution in [2.24, 2.45) is 0 Å². The van der Waals surface area contributed by atoms with E-state index in [0.717, 1.165) is 19.4 Å². The summed E-state index contributed by atoms with van der Waals surface area (Å²) in [5, 5.41) is 2.98. The van der Waals surface area contributed by atoms with Crippen LogP contribution in [0.5, 0.6) is 0 Å². The summed E-state index contributed by atoms with van der Waals surface area (Å²) in [4.78, 5) is 25.8. The Balaban J connectivity index is 2.16. The van der Waals surface area contributed by atoms with Crippen LogP contribution < -0.4 is 5.32 Å². The standard InChI is InChI=1S/C17H23FN2O3/c1-3-15(21)19-14-5-4-10-20(11-14)16(17(22)23-2)12-6-8-13(18)9-7-12/h6-9,14,16H,3-5,10-11H2,1-2H3,(H,19,21)/t14-,16-/m1/s1. The van der Waals surface area contributed by atoms with Crippen molar-refractivity contribution < 1.29 is 18.7 Å². The number of esters is 1. The SMILES string of the molecule is CCC(=O)N[C@@H]1CCCN([C@@H](C(=O)OC)c2ccc(F)cc2)C1. The van der Waals surface area contributed by atoms with Crippen LogP contribution in [0.2, 0.25) is 0 Å². The molecule has 1 aliphatic heterocycles. The summed E-state index contributed by atoms with van der Waals surface area (Å²) in [5.41, 5.74) is 0.695. The van der Waals surface area contributed by atoms with Crippen LogP contribution in [0.1, 0.15) is 37.8 Å². The average Bonchev–Trinajstić information content (AvgIpc) is 2.57. The number of piperidine rings is 1. The highest BCUT2D eigenvalue weighted by Crippen LogP contribution is 2.26. The molecule has 1 aromatic carbocycles. The molecule has 23 heavy (non-hydrogen) atoms. The number of methoxy groups -OCH3 is 1. The van der Waals surface area contributed by atoms with Gasteiger partial charge in [-0.05, 0) is 37.1 Å². The molecule has 2 rings (SSSR count).